The third kappa shape index (κ3) is 4.01. The Morgan fingerprint density at radius 3 is 2.65 bits per heavy atom. The highest BCUT2D eigenvalue weighted by Crippen LogP contribution is 2.21. The van der Waals surface area contributed by atoms with Crippen LogP contribution in [-0.2, 0) is 6.42 Å². The summed E-state index contributed by atoms with van der Waals surface area (Å²) in [6.07, 6.45) is 2.96. The van der Waals surface area contributed by atoms with E-state index in [1.54, 1.807) is 6.08 Å². The van der Waals surface area contributed by atoms with E-state index in [0.29, 0.717) is 13.0 Å². The van der Waals surface area contributed by atoms with Crippen LogP contribution in [0.15, 0.2) is 36.9 Å². The van der Waals surface area contributed by atoms with Crippen molar-refractivity contribution in [2.75, 3.05) is 6.61 Å². The molecule has 0 spiro atoms. The molecule has 0 saturated carbocycles. The molecule has 0 aliphatic carbocycles. The maximum absolute atomic E-state index is 8.77. The van der Waals surface area contributed by atoms with E-state index >= 15 is 0 Å². The molecular formula is C14H14N2O. The van der Waals surface area contributed by atoms with E-state index in [1.165, 1.54) is 0 Å². The van der Waals surface area contributed by atoms with Crippen molar-refractivity contribution in [1.29, 1.82) is 10.5 Å². The molecule has 17 heavy (non-hydrogen) atoms. The summed E-state index contributed by atoms with van der Waals surface area (Å²) in [5.41, 5.74) is 0.893. The van der Waals surface area contributed by atoms with Crippen molar-refractivity contribution in [3.05, 3.63) is 42.5 Å². The Labute approximate surface area is 102 Å². The molecule has 0 amide bonds. The van der Waals surface area contributed by atoms with Crippen molar-refractivity contribution in [3.63, 3.8) is 0 Å². The van der Waals surface area contributed by atoms with Gasteiger partial charge in [0, 0.05) is 6.42 Å². The maximum atomic E-state index is 8.77. The van der Waals surface area contributed by atoms with E-state index in [0.717, 1.165) is 17.7 Å². The van der Waals surface area contributed by atoms with E-state index in [-0.39, 0.29) is 0 Å². The fourth-order valence-electron chi connectivity index (χ4n) is 1.41. The molecule has 0 N–H and O–H groups in total. The highest BCUT2D eigenvalue weighted by molar-refractivity contribution is 5.34. The molecule has 3 nitrogen and oxygen atoms in total. The Morgan fingerprint density at radius 2 is 2.00 bits per heavy atom. The van der Waals surface area contributed by atoms with E-state index in [4.69, 9.17) is 15.3 Å². The second-order valence-electron chi connectivity index (χ2n) is 3.55. The molecule has 1 rings (SSSR count). The largest absolute Gasteiger partial charge is 0.493 e. The quantitative estimate of drug-likeness (QED) is 0.553. The standard InChI is InChI=1S/C14H14N2O/c1-2-3-8-17-14-7-5-4-6-13(14)9-12(10-15)11-16/h2,4-7,12H,1,3,8-9H2. The third-order valence-electron chi connectivity index (χ3n) is 2.29. The molecule has 0 aliphatic heterocycles. The molecule has 0 heterocycles. The first-order valence-corrected chi connectivity index (χ1v) is 5.42. The summed E-state index contributed by atoms with van der Waals surface area (Å²) in [6.45, 7) is 4.18. The Bertz CT molecular complexity index is 440. The number of hydrogen-bond acceptors (Lipinski definition) is 3. The Morgan fingerprint density at radius 1 is 1.29 bits per heavy atom. The minimum atomic E-state index is -0.626. The molecule has 0 aliphatic rings. The molecule has 86 valence electrons. The minimum absolute atomic E-state index is 0.400. The molecule has 0 atom stereocenters. The van der Waals surface area contributed by atoms with Gasteiger partial charge in [0.05, 0.1) is 18.7 Å². The lowest BCUT2D eigenvalue weighted by Gasteiger charge is -2.10. The first kappa shape index (κ1) is 12.8. The van der Waals surface area contributed by atoms with E-state index in [9.17, 15) is 0 Å². The van der Waals surface area contributed by atoms with Gasteiger partial charge in [-0.25, -0.2) is 0 Å². The van der Waals surface area contributed by atoms with Gasteiger partial charge >= 0.3 is 0 Å². The van der Waals surface area contributed by atoms with Crippen molar-refractivity contribution in [3.8, 4) is 17.9 Å². The Balaban J connectivity index is 2.74. The van der Waals surface area contributed by atoms with Crippen LogP contribution in [0.5, 0.6) is 5.75 Å². The lowest BCUT2D eigenvalue weighted by atomic mass is 10.0. The first-order chi connectivity index (χ1) is 8.31. The predicted molar refractivity (Wildman–Crippen MR) is 65.2 cm³/mol. The fourth-order valence-corrected chi connectivity index (χ4v) is 1.41. The van der Waals surface area contributed by atoms with Crippen molar-refractivity contribution >= 4 is 0 Å². The molecule has 0 radical (unpaired) electrons. The molecule has 0 saturated heterocycles. The van der Waals surface area contributed by atoms with Gasteiger partial charge in [-0.3, -0.25) is 0 Å². The molecule has 0 unspecified atom stereocenters. The Hall–Kier alpha value is -2.26. The average molecular weight is 226 g/mol. The van der Waals surface area contributed by atoms with E-state index in [2.05, 4.69) is 6.58 Å². The summed E-state index contributed by atoms with van der Waals surface area (Å²) in [4.78, 5) is 0. The van der Waals surface area contributed by atoms with Crippen LogP contribution in [0.4, 0.5) is 0 Å². The molecule has 0 fully saturated rings. The van der Waals surface area contributed by atoms with Gasteiger partial charge in [-0.1, -0.05) is 24.3 Å². The summed E-state index contributed by atoms with van der Waals surface area (Å²) >= 11 is 0. The van der Waals surface area contributed by atoms with Gasteiger partial charge < -0.3 is 4.74 Å². The fraction of sp³-hybridized carbons (Fsp3) is 0.286. The molecule has 0 aromatic heterocycles. The van der Waals surface area contributed by atoms with Crippen molar-refractivity contribution in [1.82, 2.24) is 0 Å². The molecule has 1 aromatic carbocycles. The number of nitriles is 2. The van der Waals surface area contributed by atoms with Gasteiger partial charge in [0.25, 0.3) is 0 Å². The molecule has 0 bridgehead atoms. The lowest BCUT2D eigenvalue weighted by molar-refractivity contribution is 0.321. The van der Waals surface area contributed by atoms with Crippen molar-refractivity contribution in [2.45, 2.75) is 12.8 Å². The number of nitrogens with zero attached hydrogens (tertiary/aromatic N) is 2. The molecule has 1 aromatic rings. The summed E-state index contributed by atoms with van der Waals surface area (Å²) in [5, 5.41) is 17.5. The summed E-state index contributed by atoms with van der Waals surface area (Å²) < 4.78 is 5.58. The smallest absolute Gasteiger partial charge is 0.137 e. The minimum Gasteiger partial charge on any atom is -0.493 e. The van der Waals surface area contributed by atoms with Crippen molar-refractivity contribution in [2.24, 2.45) is 5.92 Å². The molecule has 3 heteroatoms. The second-order valence-corrected chi connectivity index (χ2v) is 3.55. The van der Waals surface area contributed by atoms with Crippen LogP contribution in [0.3, 0.4) is 0 Å². The van der Waals surface area contributed by atoms with Gasteiger partial charge in [-0.2, -0.15) is 10.5 Å². The normalized spacial score (nSPS) is 9.35. The summed E-state index contributed by atoms with van der Waals surface area (Å²) in [6, 6.07) is 11.4. The third-order valence-corrected chi connectivity index (χ3v) is 2.29. The summed E-state index contributed by atoms with van der Waals surface area (Å²) in [7, 11) is 0. The van der Waals surface area contributed by atoms with E-state index in [1.807, 2.05) is 36.4 Å². The summed E-state index contributed by atoms with van der Waals surface area (Å²) in [5.74, 6) is 0.115. The van der Waals surface area contributed by atoms with Gasteiger partial charge in [0.15, 0.2) is 0 Å². The number of benzene rings is 1. The zero-order chi connectivity index (χ0) is 12.5. The van der Waals surface area contributed by atoms with Crippen molar-refractivity contribution < 1.29 is 4.74 Å². The maximum Gasteiger partial charge on any atom is 0.137 e. The van der Waals surface area contributed by atoms with Crippen LogP contribution < -0.4 is 4.74 Å². The van der Waals surface area contributed by atoms with Gasteiger partial charge in [0.1, 0.15) is 11.7 Å². The van der Waals surface area contributed by atoms with Gasteiger partial charge in [0.2, 0.25) is 0 Å². The van der Waals surface area contributed by atoms with Crippen LogP contribution >= 0.6 is 0 Å². The van der Waals surface area contributed by atoms with Crippen LogP contribution in [0, 0.1) is 28.6 Å². The zero-order valence-corrected chi connectivity index (χ0v) is 9.60. The highest BCUT2D eigenvalue weighted by atomic mass is 16.5. The number of para-hydroxylation sites is 1. The van der Waals surface area contributed by atoms with Crippen LogP contribution in [-0.4, -0.2) is 6.61 Å². The zero-order valence-electron chi connectivity index (χ0n) is 9.60. The molecular weight excluding hydrogens is 212 g/mol. The lowest BCUT2D eigenvalue weighted by Crippen LogP contribution is -2.03. The predicted octanol–water partition coefficient (Wildman–Crippen LogP) is 2.85. The highest BCUT2D eigenvalue weighted by Gasteiger charge is 2.10. The second kappa shape index (κ2) is 7.09. The average Bonchev–Trinajstić information content (AvgIpc) is 2.38. The SMILES string of the molecule is C=CCCOc1ccccc1CC(C#N)C#N. The topological polar surface area (TPSA) is 56.8 Å². The van der Waals surface area contributed by atoms with Crippen LogP contribution in [0.25, 0.3) is 0 Å². The van der Waals surface area contributed by atoms with Gasteiger partial charge in [-0.05, 0) is 18.1 Å². The van der Waals surface area contributed by atoms with Gasteiger partial charge in [-0.15, -0.1) is 6.58 Å². The van der Waals surface area contributed by atoms with Crippen LogP contribution in [0.2, 0.25) is 0 Å². The number of hydrogen-bond donors (Lipinski definition) is 0. The monoisotopic (exact) mass is 226 g/mol. The van der Waals surface area contributed by atoms with Crippen LogP contribution in [0.1, 0.15) is 12.0 Å². The van der Waals surface area contributed by atoms with E-state index < -0.39 is 5.92 Å². The first-order valence-electron chi connectivity index (χ1n) is 5.42. The number of ether oxygens (including phenoxy) is 1. The Kier molecular flexibility index (Phi) is 5.34. The number of rotatable bonds is 6.